The van der Waals surface area contributed by atoms with E-state index in [-0.39, 0.29) is 18.0 Å². The topological polar surface area (TPSA) is 62.8 Å². The number of amides is 2. The van der Waals surface area contributed by atoms with E-state index in [1.54, 1.807) is 12.1 Å². The molecular weight excluding hydrogens is 409 g/mol. The average molecular weight is 442 g/mol. The molecule has 2 aliphatic heterocycles. The summed E-state index contributed by atoms with van der Waals surface area (Å²) >= 11 is 0. The van der Waals surface area contributed by atoms with Gasteiger partial charge in [0.2, 0.25) is 0 Å². The molecule has 172 valence electrons. The molecule has 2 N–H and O–H groups in total. The molecular formula is C25H32FN3O3. The van der Waals surface area contributed by atoms with Crippen molar-refractivity contribution in [1.82, 2.24) is 10.2 Å². The number of nitrogens with zero attached hydrogens (tertiary/aromatic N) is 1. The van der Waals surface area contributed by atoms with Gasteiger partial charge in [0.1, 0.15) is 18.2 Å². The van der Waals surface area contributed by atoms with E-state index in [1.165, 1.54) is 17.7 Å². The number of piperidine rings is 1. The molecule has 2 heterocycles. The number of hydrogen-bond acceptors (Lipinski definition) is 4. The van der Waals surface area contributed by atoms with Gasteiger partial charge in [-0.05, 0) is 74.0 Å². The summed E-state index contributed by atoms with van der Waals surface area (Å²) in [6.07, 6.45) is 4.63. The van der Waals surface area contributed by atoms with Crippen molar-refractivity contribution >= 4 is 11.7 Å². The predicted molar refractivity (Wildman–Crippen MR) is 122 cm³/mol. The maximum absolute atomic E-state index is 13.3. The number of likely N-dealkylation sites (tertiary alicyclic amines) is 1. The second-order valence-electron chi connectivity index (χ2n) is 8.68. The first kappa shape index (κ1) is 22.6. The van der Waals surface area contributed by atoms with Gasteiger partial charge in [-0.1, -0.05) is 18.2 Å². The normalized spacial score (nSPS) is 21.3. The van der Waals surface area contributed by atoms with Crippen molar-refractivity contribution in [2.75, 3.05) is 38.2 Å². The third-order valence-electron chi connectivity index (χ3n) is 6.03. The Hall–Kier alpha value is -2.64. The fourth-order valence-electron chi connectivity index (χ4n) is 4.35. The summed E-state index contributed by atoms with van der Waals surface area (Å²) in [4.78, 5) is 14.6. The number of urea groups is 1. The monoisotopic (exact) mass is 441 g/mol. The Bertz CT molecular complexity index is 871. The van der Waals surface area contributed by atoms with E-state index in [4.69, 9.17) is 9.47 Å². The Morgan fingerprint density at radius 2 is 2.03 bits per heavy atom. The van der Waals surface area contributed by atoms with E-state index in [9.17, 15) is 9.18 Å². The Balaban J connectivity index is 1.18. The van der Waals surface area contributed by atoms with E-state index in [0.29, 0.717) is 24.8 Å². The summed E-state index contributed by atoms with van der Waals surface area (Å²) in [6.45, 7) is 4.95. The summed E-state index contributed by atoms with van der Waals surface area (Å²) in [5, 5.41) is 5.61. The number of rotatable bonds is 8. The minimum Gasteiger partial charge on any atom is -0.491 e. The molecule has 0 radical (unpaired) electrons. The first-order valence-corrected chi connectivity index (χ1v) is 11.5. The molecule has 7 heteroatoms. The average Bonchev–Trinajstić information content (AvgIpc) is 3.31. The molecule has 0 spiro atoms. The van der Waals surface area contributed by atoms with Gasteiger partial charge in [-0.15, -0.1) is 0 Å². The number of hydrogen-bond donors (Lipinski definition) is 2. The summed E-state index contributed by atoms with van der Waals surface area (Å²) in [6, 6.07) is 13.9. The zero-order chi connectivity index (χ0) is 22.2. The van der Waals surface area contributed by atoms with Gasteiger partial charge >= 0.3 is 6.03 Å². The maximum Gasteiger partial charge on any atom is 0.319 e. The smallest absolute Gasteiger partial charge is 0.319 e. The lowest BCUT2D eigenvalue weighted by molar-refractivity contribution is 0.0679. The number of ether oxygens (including phenoxy) is 2. The lowest BCUT2D eigenvalue weighted by Crippen LogP contribution is -2.41. The van der Waals surface area contributed by atoms with Gasteiger partial charge in [0.25, 0.3) is 0 Å². The van der Waals surface area contributed by atoms with E-state index in [0.717, 1.165) is 57.7 Å². The zero-order valence-electron chi connectivity index (χ0n) is 18.4. The zero-order valence-corrected chi connectivity index (χ0v) is 18.4. The van der Waals surface area contributed by atoms with Gasteiger partial charge in [-0.3, -0.25) is 4.90 Å². The summed E-state index contributed by atoms with van der Waals surface area (Å²) < 4.78 is 24.7. The molecule has 2 aromatic carbocycles. The van der Waals surface area contributed by atoms with Crippen LogP contribution in [-0.4, -0.2) is 49.9 Å². The van der Waals surface area contributed by atoms with Crippen LogP contribution in [0.15, 0.2) is 48.5 Å². The van der Waals surface area contributed by atoms with Crippen LogP contribution in [0.4, 0.5) is 14.9 Å². The van der Waals surface area contributed by atoms with Crippen LogP contribution in [0.1, 0.15) is 31.2 Å². The molecule has 2 saturated heterocycles. The molecule has 0 saturated carbocycles. The molecule has 32 heavy (non-hydrogen) atoms. The highest BCUT2D eigenvalue weighted by atomic mass is 19.1. The predicted octanol–water partition coefficient (Wildman–Crippen LogP) is 4.42. The van der Waals surface area contributed by atoms with Crippen molar-refractivity contribution in [2.45, 2.75) is 38.3 Å². The number of carbonyl (C=O) groups excluding carboxylic acids is 1. The molecule has 0 unspecified atom stereocenters. The van der Waals surface area contributed by atoms with E-state index >= 15 is 0 Å². The number of anilines is 1. The number of nitrogens with one attached hydrogen (secondary N) is 2. The number of benzene rings is 2. The van der Waals surface area contributed by atoms with Gasteiger partial charge in [0.15, 0.2) is 0 Å². The van der Waals surface area contributed by atoms with Gasteiger partial charge in [0, 0.05) is 31.9 Å². The van der Waals surface area contributed by atoms with Gasteiger partial charge < -0.3 is 20.1 Å². The van der Waals surface area contributed by atoms with Crippen molar-refractivity contribution in [3.63, 3.8) is 0 Å². The van der Waals surface area contributed by atoms with Crippen LogP contribution >= 0.6 is 0 Å². The lowest BCUT2D eigenvalue weighted by atomic mass is 9.97. The Morgan fingerprint density at radius 3 is 2.81 bits per heavy atom. The maximum atomic E-state index is 13.3. The molecule has 4 rings (SSSR count). The summed E-state index contributed by atoms with van der Waals surface area (Å²) in [5.74, 6) is 0.915. The SMILES string of the molecule is O=C(NC[C@@H]1CCCN(Cc2ccc(OC[C@H]3CCCO3)cc2)C1)Nc1cccc(F)c1. The standard InChI is InChI=1S/C25H32FN3O3/c26-21-5-1-6-22(14-21)28-25(30)27-15-20-4-2-12-29(17-20)16-19-8-10-23(11-9-19)32-18-24-7-3-13-31-24/h1,5-6,8-11,14,20,24H,2-4,7,12-13,15-18H2,(H2,27,28,30)/t20-,24+/m0/s1. The second kappa shape index (κ2) is 11.3. The highest BCUT2D eigenvalue weighted by Gasteiger charge is 2.21. The van der Waals surface area contributed by atoms with Gasteiger partial charge in [-0.25, -0.2) is 9.18 Å². The van der Waals surface area contributed by atoms with Crippen LogP contribution < -0.4 is 15.4 Å². The molecule has 0 aromatic heterocycles. The largest absolute Gasteiger partial charge is 0.491 e. The van der Waals surface area contributed by atoms with Gasteiger partial charge in [-0.2, -0.15) is 0 Å². The lowest BCUT2D eigenvalue weighted by Gasteiger charge is -2.32. The van der Waals surface area contributed by atoms with Crippen LogP contribution in [0.3, 0.4) is 0 Å². The van der Waals surface area contributed by atoms with E-state index < -0.39 is 0 Å². The third-order valence-corrected chi connectivity index (χ3v) is 6.03. The molecule has 2 amide bonds. The highest BCUT2D eigenvalue weighted by molar-refractivity contribution is 5.89. The molecule has 6 nitrogen and oxygen atoms in total. The Labute approximate surface area is 189 Å². The van der Waals surface area contributed by atoms with Crippen molar-refractivity contribution in [1.29, 1.82) is 0 Å². The second-order valence-corrected chi connectivity index (χ2v) is 8.68. The van der Waals surface area contributed by atoms with Crippen LogP contribution in [0, 0.1) is 11.7 Å². The fourth-order valence-corrected chi connectivity index (χ4v) is 4.35. The van der Waals surface area contributed by atoms with Crippen molar-refractivity contribution < 1.29 is 18.7 Å². The third kappa shape index (κ3) is 6.93. The van der Waals surface area contributed by atoms with Crippen LogP contribution in [0.25, 0.3) is 0 Å². The quantitative estimate of drug-likeness (QED) is 0.637. The highest BCUT2D eigenvalue weighted by Crippen LogP contribution is 2.21. The molecule has 2 aliphatic rings. The Morgan fingerprint density at radius 1 is 1.16 bits per heavy atom. The number of carbonyl (C=O) groups is 1. The summed E-state index contributed by atoms with van der Waals surface area (Å²) in [7, 11) is 0. The van der Waals surface area contributed by atoms with Gasteiger partial charge in [0.05, 0.1) is 6.10 Å². The first-order chi connectivity index (χ1) is 15.6. The minimum atomic E-state index is -0.367. The summed E-state index contributed by atoms with van der Waals surface area (Å²) in [5.41, 5.74) is 1.71. The van der Waals surface area contributed by atoms with Crippen molar-refractivity contribution in [3.05, 3.63) is 59.9 Å². The van der Waals surface area contributed by atoms with E-state index in [1.807, 2.05) is 12.1 Å². The molecule has 2 aromatic rings. The first-order valence-electron chi connectivity index (χ1n) is 11.5. The minimum absolute atomic E-state index is 0.226. The van der Waals surface area contributed by atoms with Crippen LogP contribution in [-0.2, 0) is 11.3 Å². The molecule has 0 aliphatic carbocycles. The van der Waals surface area contributed by atoms with Crippen molar-refractivity contribution in [3.8, 4) is 5.75 Å². The van der Waals surface area contributed by atoms with Crippen LogP contribution in [0.5, 0.6) is 5.75 Å². The fraction of sp³-hybridized carbons (Fsp3) is 0.480. The number of halogens is 1. The van der Waals surface area contributed by atoms with Crippen LogP contribution in [0.2, 0.25) is 0 Å². The Kier molecular flexibility index (Phi) is 7.96. The molecule has 0 bridgehead atoms. The molecule has 2 atom stereocenters. The molecule has 2 fully saturated rings. The van der Waals surface area contributed by atoms with E-state index in [2.05, 4.69) is 27.7 Å². The van der Waals surface area contributed by atoms with Crippen molar-refractivity contribution in [2.24, 2.45) is 5.92 Å².